The third-order valence-corrected chi connectivity index (χ3v) is 3.49. The number of amides is 2. The van der Waals surface area contributed by atoms with E-state index in [1.54, 1.807) is 18.2 Å². The minimum absolute atomic E-state index is 0.00141. The number of nitrogens with one attached hydrogen (secondary N) is 1. The third kappa shape index (κ3) is 3.15. The van der Waals surface area contributed by atoms with Crippen LogP contribution in [0, 0.1) is 0 Å². The highest BCUT2D eigenvalue weighted by molar-refractivity contribution is 6.31. The number of para-hydroxylation sites is 2. The Morgan fingerprint density at radius 2 is 1.67 bits per heavy atom. The van der Waals surface area contributed by atoms with Crippen molar-refractivity contribution in [1.29, 1.82) is 0 Å². The van der Waals surface area contributed by atoms with Crippen LogP contribution in [0.2, 0.25) is 0 Å². The van der Waals surface area contributed by atoms with E-state index in [1.165, 1.54) is 5.01 Å². The van der Waals surface area contributed by atoms with Crippen LogP contribution >= 0.6 is 0 Å². The van der Waals surface area contributed by atoms with Crippen molar-refractivity contribution in [2.24, 2.45) is 0 Å². The molecule has 0 aliphatic carbocycles. The Balaban J connectivity index is 1.94. The predicted octanol–water partition coefficient (Wildman–Crippen LogP) is 2.94. The third-order valence-electron chi connectivity index (χ3n) is 3.49. The second-order valence-corrected chi connectivity index (χ2v) is 5.68. The average Bonchev–Trinajstić information content (AvgIpc) is 2.85. The Bertz CT molecular complexity index is 797. The summed E-state index contributed by atoms with van der Waals surface area (Å²) in [6, 6.07) is 16.3. The molecule has 1 saturated heterocycles. The van der Waals surface area contributed by atoms with Gasteiger partial charge in [-0.1, -0.05) is 36.4 Å². The SMILES string of the molecule is CC(C)Oc1ccccc1/C=C1/C(=O)NN(c2ccccc2)C1=O. The van der Waals surface area contributed by atoms with E-state index in [9.17, 15) is 9.59 Å². The lowest BCUT2D eigenvalue weighted by atomic mass is 10.1. The molecule has 0 unspecified atom stereocenters. The largest absolute Gasteiger partial charge is 0.490 e. The lowest BCUT2D eigenvalue weighted by Crippen LogP contribution is -2.35. The maximum atomic E-state index is 12.6. The van der Waals surface area contributed by atoms with Crippen molar-refractivity contribution in [3.05, 3.63) is 65.7 Å². The fourth-order valence-corrected chi connectivity index (χ4v) is 2.43. The molecule has 0 atom stereocenters. The van der Waals surface area contributed by atoms with Gasteiger partial charge in [-0.3, -0.25) is 15.0 Å². The van der Waals surface area contributed by atoms with Crippen LogP contribution in [-0.4, -0.2) is 17.9 Å². The smallest absolute Gasteiger partial charge is 0.282 e. The zero-order chi connectivity index (χ0) is 17.1. The Labute approximate surface area is 140 Å². The molecule has 1 fully saturated rings. The van der Waals surface area contributed by atoms with Crippen molar-refractivity contribution in [1.82, 2.24) is 5.43 Å². The Morgan fingerprint density at radius 1 is 1.00 bits per heavy atom. The first-order valence-corrected chi connectivity index (χ1v) is 7.74. The van der Waals surface area contributed by atoms with Gasteiger partial charge in [0.05, 0.1) is 11.8 Å². The van der Waals surface area contributed by atoms with Gasteiger partial charge in [0.15, 0.2) is 0 Å². The summed E-state index contributed by atoms with van der Waals surface area (Å²) in [5, 5.41) is 1.25. The van der Waals surface area contributed by atoms with Crippen molar-refractivity contribution in [3.8, 4) is 5.75 Å². The molecule has 2 aromatic rings. The number of nitrogens with zero attached hydrogens (tertiary/aromatic N) is 1. The number of anilines is 1. The van der Waals surface area contributed by atoms with E-state index in [0.29, 0.717) is 17.0 Å². The Kier molecular flexibility index (Phi) is 4.33. The van der Waals surface area contributed by atoms with Gasteiger partial charge >= 0.3 is 0 Å². The molecule has 1 N–H and O–H groups in total. The van der Waals surface area contributed by atoms with Gasteiger partial charge in [0.1, 0.15) is 11.3 Å². The summed E-state index contributed by atoms with van der Waals surface area (Å²) in [4.78, 5) is 24.8. The van der Waals surface area contributed by atoms with Crippen LogP contribution in [0.1, 0.15) is 19.4 Å². The lowest BCUT2D eigenvalue weighted by molar-refractivity contribution is -0.117. The van der Waals surface area contributed by atoms with Gasteiger partial charge in [0.25, 0.3) is 11.8 Å². The summed E-state index contributed by atoms with van der Waals surface area (Å²) in [6.07, 6.45) is 1.57. The van der Waals surface area contributed by atoms with Crippen LogP contribution in [0.5, 0.6) is 5.75 Å². The number of ether oxygens (including phenoxy) is 1. The maximum Gasteiger partial charge on any atom is 0.282 e. The second-order valence-electron chi connectivity index (χ2n) is 5.68. The first-order valence-electron chi connectivity index (χ1n) is 7.74. The standard InChI is InChI=1S/C19H18N2O3/c1-13(2)24-17-11-7-6-8-14(17)12-16-18(22)20-21(19(16)23)15-9-4-3-5-10-15/h3-13H,1-2H3,(H,20,22)/b16-12-. The summed E-state index contributed by atoms with van der Waals surface area (Å²) >= 11 is 0. The van der Waals surface area contributed by atoms with E-state index < -0.39 is 5.91 Å². The van der Waals surface area contributed by atoms with Gasteiger partial charge in [-0.15, -0.1) is 0 Å². The molecule has 0 radical (unpaired) electrons. The number of rotatable bonds is 4. The molecule has 2 aromatic carbocycles. The zero-order valence-corrected chi connectivity index (χ0v) is 13.5. The average molecular weight is 322 g/mol. The molecule has 2 amide bonds. The fourth-order valence-electron chi connectivity index (χ4n) is 2.43. The molecule has 0 bridgehead atoms. The second kappa shape index (κ2) is 6.58. The van der Waals surface area contributed by atoms with Gasteiger partial charge in [0.2, 0.25) is 0 Å². The molecule has 24 heavy (non-hydrogen) atoms. The highest BCUT2D eigenvalue weighted by atomic mass is 16.5. The topological polar surface area (TPSA) is 58.6 Å². The molecular formula is C19H18N2O3. The summed E-state index contributed by atoms with van der Waals surface area (Å²) < 4.78 is 5.74. The number of carbonyl (C=O) groups is 2. The number of carbonyl (C=O) groups excluding carboxylic acids is 2. The number of hydrazine groups is 1. The summed E-state index contributed by atoms with van der Waals surface area (Å²) in [7, 11) is 0. The monoisotopic (exact) mass is 322 g/mol. The first-order chi connectivity index (χ1) is 11.6. The van der Waals surface area contributed by atoms with Crippen LogP contribution in [0.15, 0.2) is 60.2 Å². The van der Waals surface area contributed by atoms with Crippen LogP contribution in [0.25, 0.3) is 6.08 Å². The van der Waals surface area contributed by atoms with Gasteiger partial charge < -0.3 is 4.74 Å². The number of hydrogen-bond acceptors (Lipinski definition) is 3. The zero-order valence-electron chi connectivity index (χ0n) is 13.5. The fraction of sp³-hybridized carbons (Fsp3) is 0.158. The number of benzene rings is 2. The van der Waals surface area contributed by atoms with Gasteiger partial charge in [-0.05, 0) is 38.1 Å². The number of hydrogen-bond donors (Lipinski definition) is 1. The minimum atomic E-state index is -0.428. The summed E-state index contributed by atoms with van der Waals surface area (Å²) in [5.41, 5.74) is 3.98. The first kappa shape index (κ1) is 15.8. The van der Waals surface area contributed by atoms with Gasteiger partial charge in [-0.25, -0.2) is 5.01 Å². The van der Waals surface area contributed by atoms with E-state index >= 15 is 0 Å². The molecule has 1 heterocycles. The van der Waals surface area contributed by atoms with Crippen LogP contribution in [0.3, 0.4) is 0 Å². The molecule has 0 spiro atoms. The van der Waals surface area contributed by atoms with E-state index in [-0.39, 0.29) is 17.6 Å². The quantitative estimate of drug-likeness (QED) is 0.695. The van der Waals surface area contributed by atoms with E-state index in [0.717, 1.165) is 0 Å². The minimum Gasteiger partial charge on any atom is -0.490 e. The van der Waals surface area contributed by atoms with Crippen molar-refractivity contribution >= 4 is 23.6 Å². The Hall–Kier alpha value is -3.08. The van der Waals surface area contributed by atoms with E-state index in [2.05, 4.69) is 5.43 Å². The molecule has 3 rings (SSSR count). The molecular weight excluding hydrogens is 304 g/mol. The van der Waals surface area contributed by atoms with Crippen molar-refractivity contribution in [2.45, 2.75) is 20.0 Å². The molecule has 1 aliphatic heterocycles. The normalized spacial score (nSPS) is 16.0. The predicted molar refractivity (Wildman–Crippen MR) is 92.3 cm³/mol. The van der Waals surface area contributed by atoms with Crippen molar-refractivity contribution in [2.75, 3.05) is 5.01 Å². The van der Waals surface area contributed by atoms with Crippen LogP contribution in [-0.2, 0) is 9.59 Å². The highest BCUT2D eigenvalue weighted by Crippen LogP contribution is 2.25. The molecule has 5 nitrogen and oxygen atoms in total. The van der Waals surface area contributed by atoms with E-state index in [1.807, 2.05) is 56.3 Å². The summed E-state index contributed by atoms with van der Waals surface area (Å²) in [5.74, 6) is -0.174. The Morgan fingerprint density at radius 3 is 2.38 bits per heavy atom. The van der Waals surface area contributed by atoms with Crippen molar-refractivity contribution < 1.29 is 14.3 Å². The van der Waals surface area contributed by atoms with Crippen molar-refractivity contribution in [3.63, 3.8) is 0 Å². The van der Waals surface area contributed by atoms with Crippen LogP contribution in [0.4, 0.5) is 5.69 Å². The van der Waals surface area contributed by atoms with Gasteiger partial charge in [0, 0.05) is 5.56 Å². The molecule has 0 saturated carbocycles. The maximum absolute atomic E-state index is 12.6. The molecule has 0 aromatic heterocycles. The molecule has 1 aliphatic rings. The lowest BCUT2D eigenvalue weighted by Gasteiger charge is -2.14. The van der Waals surface area contributed by atoms with E-state index in [4.69, 9.17) is 4.74 Å². The highest BCUT2D eigenvalue weighted by Gasteiger charge is 2.34. The van der Waals surface area contributed by atoms with Gasteiger partial charge in [-0.2, -0.15) is 0 Å². The molecule has 122 valence electrons. The molecule has 5 heteroatoms. The van der Waals surface area contributed by atoms with Crippen LogP contribution < -0.4 is 15.2 Å². The summed E-state index contributed by atoms with van der Waals surface area (Å²) in [6.45, 7) is 3.85.